The summed E-state index contributed by atoms with van der Waals surface area (Å²) in [6.45, 7) is 3.63. The fourth-order valence-corrected chi connectivity index (χ4v) is 4.61. The van der Waals surface area contributed by atoms with E-state index in [1.165, 1.54) is 43.0 Å². The molecule has 2 aromatic carbocycles. The highest BCUT2D eigenvalue weighted by Gasteiger charge is 2.51. The molecule has 0 spiro atoms. The predicted molar refractivity (Wildman–Crippen MR) is 124 cm³/mol. The molecule has 36 heavy (non-hydrogen) atoms. The Balaban J connectivity index is 1.67. The van der Waals surface area contributed by atoms with E-state index in [0.717, 1.165) is 17.0 Å². The third kappa shape index (κ3) is 4.40. The average Bonchev–Trinajstić information content (AvgIpc) is 3.37. The van der Waals surface area contributed by atoms with E-state index in [1.807, 2.05) is 0 Å². The molecule has 12 heteroatoms. The molecule has 2 aromatic rings. The van der Waals surface area contributed by atoms with Gasteiger partial charge in [-0.05, 0) is 62.5 Å². The first-order chi connectivity index (χ1) is 16.9. The Morgan fingerprint density at radius 3 is 2.50 bits per heavy atom. The third-order valence-electron chi connectivity index (χ3n) is 5.95. The van der Waals surface area contributed by atoms with Gasteiger partial charge in [0.25, 0.3) is 5.91 Å². The summed E-state index contributed by atoms with van der Waals surface area (Å²) in [6, 6.07) is 7.87. The first-order valence-electron chi connectivity index (χ1n) is 10.7. The largest absolute Gasteiger partial charge is 0.456 e. The smallest absolute Gasteiger partial charge is 0.417 e. The van der Waals surface area contributed by atoms with Crippen LogP contribution in [0.3, 0.4) is 0 Å². The van der Waals surface area contributed by atoms with Crippen molar-refractivity contribution >= 4 is 40.6 Å². The van der Waals surface area contributed by atoms with Crippen molar-refractivity contribution in [1.82, 2.24) is 0 Å². The van der Waals surface area contributed by atoms with E-state index in [2.05, 4.69) is 0 Å². The highest BCUT2D eigenvalue weighted by molar-refractivity contribution is 7.81. The van der Waals surface area contributed by atoms with Crippen LogP contribution < -0.4 is 9.80 Å². The van der Waals surface area contributed by atoms with Crippen LogP contribution in [0, 0.1) is 17.1 Å². The second-order valence-electron chi connectivity index (χ2n) is 8.71. The molecule has 4 rings (SSSR count). The van der Waals surface area contributed by atoms with Gasteiger partial charge in [0.05, 0.1) is 41.7 Å². The summed E-state index contributed by atoms with van der Waals surface area (Å²) in [5, 5.41) is 8.85. The van der Waals surface area contributed by atoms with Gasteiger partial charge < -0.3 is 14.4 Å². The van der Waals surface area contributed by atoms with Crippen molar-refractivity contribution in [3.63, 3.8) is 0 Å². The number of nitrogens with zero attached hydrogens (tertiary/aromatic N) is 3. The lowest BCUT2D eigenvalue weighted by molar-refractivity contribution is -0.137. The number of rotatable bonds is 4. The van der Waals surface area contributed by atoms with Crippen LogP contribution in [0.5, 0.6) is 0 Å². The van der Waals surface area contributed by atoms with Gasteiger partial charge in [0.15, 0.2) is 5.11 Å². The van der Waals surface area contributed by atoms with Gasteiger partial charge in [-0.2, -0.15) is 18.4 Å². The maximum Gasteiger partial charge on any atom is 0.417 e. The normalized spacial score (nSPS) is 19.5. The Hall–Kier alpha value is -3.56. The Kier molecular flexibility index (Phi) is 6.49. The minimum Gasteiger partial charge on any atom is -0.456 e. The summed E-state index contributed by atoms with van der Waals surface area (Å²) in [7, 11) is 0. The zero-order chi connectivity index (χ0) is 26.4. The van der Waals surface area contributed by atoms with Crippen LogP contribution >= 0.6 is 12.2 Å². The molecule has 2 heterocycles. The van der Waals surface area contributed by atoms with E-state index >= 15 is 0 Å². The number of nitriles is 1. The molecule has 0 aliphatic carbocycles. The fourth-order valence-electron chi connectivity index (χ4n) is 4.09. The molecule has 0 N–H and O–H groups in total. The maximum absolute atomic E-state index is 14.9. The van der Waals surface area contributed by atoms with Crippen molar-refractivity contribution in [2.24, 2.45) is 0 Å². The second-order valence-corrected chi connectivity index (χ2v) is 9.08. The zero-order valence-corrected chi connectivity index (χ0v) is 19.9. The quantitative estimate of drug-likeness (QED) is 0.331. The highest BCUT2D eigenvalue weighted by atomic mass is 32.1. The minimum atomic E-state index is -4.83. The number of hydrogen-bond donors (Lipinski definition) is 0. The van der Waals surface area contributed by atoms with E-state index in [0.29, 0.717) is 19.1 Å². The van der Waals surface area contributed by atoms with Gasteiger partial charge in [0.1, 0.15) is 17.5 Å². The molecule has 188 valence electrons. The second kappa shape index (κ2) is 9.15. The molecular weight excluding hydrogens is 502 g/mol. The molecule has 0 saturated carbocycles. The Morgan fingerprint density at radius 1 is 1.22 bits per heavy atom. The number of ether oxygens (including phenoxy) is 2. The van der Waals surface area contributed by atoms with Crippen LogP contribution in [0.4, 0.5) is 28.9 Å². The molecule has 2 aliphatic rings. The van der Waals surface area contributed by atoms with Gasteiger partial charge in [0, 0.05) is 12.1 Å². The number of halogens is 4. The van der Waals surface area contributed by atoms with Gasteiger partial charge in [-0.3, -0.25) is 9.69 Å². The van der Waals surface area contributed by atoms with Crippen LogP contribution in [-0.2, 0) is 20.4 Å². The summed E-state index contributed by atoms with van der Waals surface area (Å²) in [4.78, 5) is 27.8. The SMILES string of the molecule is CC1(C)C(=O)N(c2ccc(C#N)c(C(F)(F)F)c2)C(=S)N1c1ccc(C(=O)O[C@H]2CCOC2)c(F)c1. The van der Waals surface area contributed by atoms with E-state index in [1.54, 1.807) is 0 Å². The molecule has 0 aromatic heterocycles. The van der Waals surface area contributed by atoms with Crippen LogP contribution in [-0.4, -0.2) is 41.8 Å². The summed E-state index contributed by atoms with van der Waals surface area (Å²) < 4.78 is 65.7. The molecule has 2 aliphatic heterocycles. The lowest BCUT2D eigenvalue weighted by Gasteiger charge is -2.29. The van der Waals surface area contributed by atoms with Crippen molar-refractivity contribution < 1.29 is 36.6 Å². The fraction of sp³-hybridized carbons (Fsp3) is 0.333. The molecule has 0 unspecified atom stereocenters. The van der Waals surface area contributed by atoms with Crippen molar-refractivity contribution in [3.05, 3.63) is 58.9 Å². The molecule has 1 atom stereocenters. The van der Waals surface area contributed by atoms with E-state index in [-0.39, 0.29) is 28.7 Å². The molecule has 1 amide bonds. The van der Waals surface area contributed by atoms with E-state index in [9.17, 15) is 27.2 Å². The van der Waals surface area contributed by atoms with Crippen LogP contribution in [0.2, 0.25) is 0 Å². The van der Waals surface area contributed by atoms with Gasteiger partial charge in [-0.25, -0.2) is 9.18 Å². The van der Waals surface area contributed by atoms with Crippen molar-refractivity contribution in [2.45, 2.75) is 38.1 Å². The zero-order valence-electron chi connectivity index (χ0n) is 19.1. The van der Waals surface area contributed by atoms with Crippen molar-refractivity contribution in [3.8, 4) is 6.07 Å². The minimum absolute atomic E-state index is 0.115. The van der Waals surface area contributed by atoms with Gasteiger partial charge in [-0.1, -0.05) is 0 Å². The standard InChI is InChI=1S/C24H19F4N3O4S/c1-23(2)21(33)30(14-4-3-13(11-29)18(9-14)24(26,27)28)22(36)31(23)15-5-6-17(19(25)10-15)20(32)35-16-7-8-34-12-16/h3-6,9-10,16H,7-8,12H2,1-2H3/t16-/m0/s1. The van der Waals surface area contributed by atoms with Gasteiger partial charge in [-0.15, -0.1) is 0 Å². The Morgan fingerprint density at radius 2 is 1.92 bits per heavy atom. The monoisotopic (exact) mass is 521 g/mol. The maximum atomic E-state index is 14.9. The van der Waals surface area contributed by atoms with Crippen LogP contribution in [0.15, 0.2) is 36.4 Å². The summed E-state index contributed by atoms with van der Waals surface area (Å²) >= 11 is 5.43. The molecule has 2 fully saturated rings. The molecular formula is C24H19F4N3O4S. The summed E-state index contributed by atoms with van der Waals surface area (Å²) in [6.07, 6.45) is -4.80. The highest BCUT2D eigenvalue weighted by Crippen LogP contribution is 2.40. The number of alkyl halides is 3. The first kappa shape index (κ1) is 25.5. The number of amides is 1. The number of benzene rings is 2. The summed E-state index contributed by atoms with van der Waals surface area (Å²) in [5.74, 6) is -2.44. The number of esters is 1. The predicted octanol–water partition coefficient (Wildman–Crippen LogP) is 4.58. The summed E-state index contributed by atoms with van der Waals surface area (Å²) in [5.41, 5.74) is -3.61. The Labute approximate surface area is 208 Å². The number of carbonyl (C=O) groups is 2. The average molecular weight is 521 g/mol. The molecule has 0 radical (unpaired) electrons. The topological polar surface area (TPSA) is 82.9 Å². The Bertz CT molecular complexity index is 1300. The van der Waals surface area contributed by atoms with Crippen molar-refractivity contribution in [1.29, 1.82) is 5.26 Å². The lowest BCUT2D eigenvalue weighted by atomic mass is 10.0. The van der Waals surface area contributed by atoms with Crippen molar-refractivity contribution in [2.75, 3.05) is 23.0 Å². The number of hydrogen-bond acceptors (Lipinski definition) is 6. The van der Waals surface area contributed by atoms with E-state index < -0.39 is 46.6 Å². The molecule has 2 saturated heterocycles. The van der Waals surface area contributed by atoms with E-state index in [4.69, 9.17) is 27.0 Å². The van der Waals surface area contributed by atoms with Gasteiger partial charge in [0.2, 0.25) is 0 Å². The molecule has 7 nitrogen and oxygen atoms in total. The van der Waals surface area contributed by atoms with Gasteiger partial charge >= 0.3 is 12.1 Å². The third-order valence-corrected chi connectivity index (χ3v) is 6.31. The lowest BCUT2D eigenvalue weighted by Crippen LogP contribution is -2.44. The van der Waals surface area contributed by atoms with Crippen LogP contribution in [0.25, 0.3) is 0 Å². The first-order valence-corrected chi connectivity index (χ1v) is 11.2. The molecule has 0 bridgehead atoms. The number of carbonyl (C=O) groups excluding carboxylic acids is 2. The van der Waals surface area contributed by atoms with Crippen LogP contribution in [0.1, 0.15) is 41.8 Å². The number of anilines is 2. The number of thiocarbonyl (C=S) groups is 1.